The zero-order valence-corrected chi connectivity index (χ0v) is 16.1. The van der Waals surface area contributed by atoms with Gasteiger partial charge >= 0.3 is 0 Å². The first kappa shape index (κ1) is 19.1. The molecule has 2 aromatic rings. The van der Waals surface area contributed by atoms with Gasteiger partial charge in [-0.05, 0) is 43.9 Å². The molecule has 3 rings (SSSR count). The Kier molecular flexibility index (Phi) is 5.57. The number of nitrogens with one attached hydrogen (secondary N) is 2. The first-order chi connectivity index (χ1) is 12.9. The summed E-state index contributed by atoms with van der Waals surface area (Å²) in [5, 5.41) is 2.87. The molecule has 8 heteroatoms. The fourth-order valence-corrected chi connectivity index (χ4v) is 3.98. The van der Waals surface area contributed by atoms with Gasteiger partial charge in [0, 0.05) is 24.2 Å². The lowest BCUT2D eigenvalue weighted by atomic mass is 10.1. The average molecular weight is 386 g/mol. The zero-order chi connectivity index (χ0) is 19.4. The van der Waals surface area contributed by atoms with Gasteiger partial charge < -0.3 is 10.2 Å². The Balaban J connectivity index is 1.72. The maximum Gasteiger partial charge on any atom is 0.263 e. The minimum absolute atomic E-state index is 0.140. The fourth-order valence-electron chi connectivity index (χ4n) is 2.73. The molecule has 2 aromatic carbocycles. The van der Waals surface area contributed by atoms with E-state index in [4.69, 9.17) is 0 Å². The number of amidine groups is 1. The Morgan fingerprint density at radius 1 is 1.15 bits per heavy atom. The molecule has 1 aliphatic rings. The van der Waals surface area contributed by atoms with Gasteiger partial charge in [-0.25, -0.2) is 8.42 Å². The Hall–Kier alpha value is -2.71. The van der Waals surface area contributed by atoms with Gasteiger partial charge in [0.25, 0.3) is 15.9 Å². The molecule has 142 valence electrons. The van der Waals surface area contributed by atoms with E-state index < -0.39 is 10.0 Å². The van der Waals surface area contributed by atoms with Crippen LogP contribution in [-0.4, -0.2) is 52.2 Å². The number of nitrogens with zero attached hydrogens (tertiary/aromatic N) is 2. The summed E-state index contributed by atoms with van der Waals surface area (Å²) >= 11 is 0. The van der Waals surface area contributed by atoms with E-state index in [0.29, 0.717) is 23.5 Å². The van der Waals surface area contributed by atoms with E-state index in [9.17, 15) is 13.2 Å². The second-order valence-corrected chi connectivity index (χ2v) is 8.18. The summed E-state index contributed by atoms with van der Waals surface area (Å²) in [7, 11) is 0.345. The highest BCUT2D eigenvalue weighted by Crippen LogP contribution is 2.22. The SMILES string of the molecule is CN(C)CCNC(=O)c1cccc(CN=C2NS(=O)(=O)c3ccccc32)c1. The molecule has 1 amide bonds. The van der Waals surface area contributed by atoms with Crippen molar-refractivity contribution in [3.63, 3.8) is 0 Å². The van der Waals surface area contributed by atoms with Crippen molar-refractivity contribution in [2.24, 2.45) is 4.99 Å². The van der Waals surface area contributed by atoms with Crippen LogP contribution in [0.2, 0.25) is 0 Å². The zero-order valence-electron chi connectivity index (χ0n) is 15.3. The van der Waals surface area contributed by atoms with Crippen LogP contribution in [0.1, 0.15) is 21.5 Å². The van der Waals surface area contributed by atoms with Gasteiger partial charge in [-0.1, -0.05) is 24.3 Å². The van der Waals surface area contributed by atoms with E-state index in [1.165, 1.54) is 0 Å². The predicted octanol–water partition coefficient (Wildman–Crippen LogP) is 1.22. The van der Waals surface area contributed by atoms with Crippen molar-refractivity contribution >= 4 is 21.8 Å². The lowest BCUT2D eigenvalue weighted by Gasteiger charge is -2.10. The molecule has 0 spiro atoms. The smallest absolute Gasteiger partial charge is 0.263 e. The van der Waals surface area contributed by atoms with Crippen molar-refractivity contribution in [3.05, 3.63) is 65.2 Å². The predicted molar refractivity (Wildman–Crippen MR) is 104 cm³/mol. The van der Waals surface area contributed by atoms with Gasteiger partial charge in [0.2, 0.25) is 0 Å². The summed E-state index contributed by atoms with van der Waals surface area (Å²) in [6.07, 6.45) is 0. The maximum absolute atomic E-state index is 12.2. The van der Waals surface area contributed by atoms with Crippen LogP contribution in [0.5, 0.6) is 0 Å². The number of fused-ring (bicyclic) bond motifs is 1. The number of carbonyl (C=O) groups excluding carboxylic acids is 1. The number of aliphatic imine (C=N–C) groups is 1. The Bertz CT molecular complexity index is 984. The largest absolute Gasteiger partial charge is 0.351 e. The molecule has 0 fully saturated rings. The van der Waals surface area contributed by atoms with Crippen LogP contribution in [0.3, 0.4) is 0 Å². The van der Waals surface area contributed by atoms with Crippen molar-refractivity contribution in [2.75, 3.05) is 27.2 Å². The molecule has 0 unspecified atom stereocenters. The topological polar surface area (TPSA) is 90.9 Å². The highest BCUT2D eigenvalue weighted by Gasteiger charge is 2.29. The minimum Gasteiger partial charge on any atom is -0.351 e. The standard InChI is InChI=1S/C19H22N4O3S/c1-23(2)11-10-20-19(24)15-7-5-6-14(12-15)13-21-18-16-8-3-4-9-17(16)27(25,26)22-18/h3-9,12H,10-11,13H2,1-2H3,(H,20,24)(H,21,22). The summed E-state index contributed by atoms with van der Waals surface area (Å²) in [6, 6.07) is 13.9. The molecule has 7 nitrogen and oxygen atoms in total. The van der Waals surface area contributed by atoms with Gasteiger partial charge in [-0.3, -0.25) is 14.5 Å². The van der Waals surface area contributed by atoms with E-state index in [2.05, 4.69) is 15.0 Å². The normalized spacial score (nSPS) is 16.2. The van der Waals surface area contributed by atoms with Crippen LogP contribution in [0.25, 0.3) is 0 Å². The fraction of sp³-hybridized carbons (Fsp3) is 0.263. The number of sulfonamides is 1. The average Bonchev–Trinajstić information content (AvgIpc) is 2.91. The summed E-state index contributed by atoms with van der Waals surface area (Å²) in [5.74, 6) is 0.185. The van der Waals surface area contributed by atoms with E-state index >= 15 is 0 Å². The number of likely N-dealkylation sites (N-methyl/N-ethyl adjacent to an activating group) is 1. The number of rotatable bonds is 6. The maximum atomic E-state index is 12.2. The summed E-state index contributed by atoms with van der Waals surface area (Å²) in [6.45, 7) is 1.60. The highest BCUT2D eigenvalue weighted by atomic mass is 32.2. The van der Waals surface area contributed by atoms with Crippen LogP contribution in [0.15, 0.2) is 58.4 Å². The van der Waals surface area contributed by atoms with Crippen LogP contribution >= 0.6 is 0 Å². The van der Waals surface area contributed by atoms with E-state index in [0.717, 1.165) is 12.1 Å². The van der Waals surface area contributed by atoms with Crippen molar-refractivity contribution in [3.8, 4) is 0 Å². The van der Waals surface area contributed by atoms with Gasteiger partial charge in [-0.15, -0.1) is 0 Å². The molecule has 27 heavy (non-hydrogen) atoms. The summed E-state index contributed by atoms with van der Waals surface area (Å²) < 4.78 is 26.7. The van der Waals surface area contributed by atoms with E-state index in [1.54, 1.807) is 42.5 Å². The number of hydrogen-bond acceptors (Lipinski definition) is 5. The molecule has 0 saturated heterocycles. The summed E-state index contributed by atoms with van der Waals surface area (Å²) in [5.41, 5.74) is 1.94. The third-order valence-corrected chi connectivity index (χ3v) is 5.51. The Labute approximate surface area is 159 Å². The lowest BCUT2D eigenvalue weighted by Crippen LogP contribution is -2.31. The van der Waals surface area contributed by atoms with Gasteiger partial charge in [-0.2, -0.15) is 0 Å². The van der Waals surface area contributed by atoms with Crippen molar-refractivity contribution in [1.29, 1.82) is 0 Å². The lowest BCUT2D eigenvalue weighted by molar-refractivity contribution is 0.0951. The van der Waals surface area contributed by atoms with E-state index in [1.807, 2.05) is 25.1 Å². The van der Waals surface area contributed by atoms with E-state index in [-0.39, 0.29) is 17.3 Å². The quantitative estimate of drug-likeness (QED) is 0.781. The minimum atomic E-state index is -3.55. The molecule has 2 N–H and O–H groups in total. The van der Waals surface area contributed by atoms with Crippen LogP contribution in [0.4, 0.5) is 0 Å². The van der Waals surface area contributed by atoms with Crippen LogP contribution in [-0.2, 0) is 16.6 Å². The number of amides is 1. The molecule has 1 heterocycles. The molecular formula is C19H22N4O3S. The van der Waals surface area contributed by atoms with Crippen LogP contribution < -0.4 is 10.0 Å². The molecular weight excluding hydrogens is 364 g/mol. The second kappa shape index (κ2) is 7.89. The number of hydrogen-bond donors (Lipinski definition) is 2. The Morgan fingerprint density at radius 2 is 1.93 bits per heavy atom. The monoisotopic (exact) mass is 386 g/mol. The van der Waals surface area contributed by atoms with Crippen LogP contribution in [0, 0.1) is 0 Å². The summed E-state index contributed by atoms with van der Waals surface area (Å²) in [4.78, 5) is 18.9. The molecule has 0 atom stereocenters. The third-order valence-electron chi connectivity index (χ3n) is 4.12. The first-order valence-corrected chi connectivity index (χ1v) is 10.0. The van der Waals surface area contributed by atoms with Gasteiger partial charge in [0.15, 0.2) is 0 Å². The highest BCUT2D eigenvalue weighted by molar-refractivity contribution is 7.90. The molecule has 0 radical (unpaired) electrons. The third kappa shape index (κ3) is 4.53. The number of carbonyl (C=O) groups is 1. The van der Waals surface area contributed by atoms with Crippen molar-refractivity contribution in [1.82, 2.24) is 14.9 Å². The van der Waals surface area contributed by atoms with Gasteiger partial charge in [0.1, 0.15) is 5.84 Å². The first-order valence-electron chi connectivity index (χ1n) is 8.55. The molecule has 1 aliphatic heterocycles. The molecule has 0 saturated carbocycles. The number of benzene rings is 2. The van der Waals surface area contributed by atoms with Crippen molar-refractivity contribution in [2.45, 2.75) is 11.4 Å². The second-order valence-electron chi connectivity index (χ2n) is 6.53. The molecule has 0 aromatic heterocycles. The van der Waals surface area contributed by atoms with Crippen molar-refractivity contribution < 1.29 is 13.2 Å². The Morgan fingerprint density at radius 3 is 2.70 bits per heavy atom. The molecule has 0 bridgehead atoms. The van der Waals surface area contributed by atoms with Gasteiger partial charge in [0.05, 0.1) is 11.4 Å². The molecule has 0 aliphatic carbocycles.